The van der Waals surface area contributed by atoms with Crippen molar-refractivity contribution in [2.45, 2.75) is 65.2 Å². The summed E-state index contributed by atoms with van der Waals surface area (Å²) in [6, 6.07) is 13.0. The fraction of sp³-hybridized carbons (Fsp3) is 0.393. The summed E-state index contributed by atoms with van der Waals surface area (Å²) in [5.74, 6) is -4.27. The van der Waals surface area contributed by atoms with E-state index >= 15 is 0 Å². The number of ether oxygens (including phenoxy) is 7. The van der Waals surface area contributed by atoms with Gasteiger partial charge < -0.3 is 33.2 Å². The molecule has 2 aromatic carbocycles. The monoisotopic (exact) mass is 562 g/mol. The summed E-state index contributed by atoms with van der Waals surface area (Å²) in [4.78, 5) is 59.9. The summed E-state index contributed by atoms with van der Waals surface area (Å²) >= 11 is 0. The van der Waals surface area contributed by atoms with Gasteiger partial charge >= 0.3 is 29.8 Å². The van der Waals surface area contributed by atoms with Gasteiger partial charge in [0, 0.05) is 45.6 Å². The third-order valence-electron chi connectivity index (χ3n) is 5.36. The molecule has 3 rings (SSSR count). The molecule has 0 N–H and O–H groups in total. The maximum atomic E-state index is 12.3. The first kappa shape index (κ1) is 24.6. The van der Waals surface area contributed by atoms with Gasteiger partial charge in [0.1, 0.15) is 24.2 Å². The highest BCUT2D eigenvalue weighted by molar-refractivity contribution is 5.73. The molecule has 1 aliphatic rings. The molecule has 12 nitrogen and oxygen atoms in total. The number of hydrogen-bond acceptors (Lipinski definition) is 12. The van der Waals surface area contributed by atoms with E-state index in [0.717, 1.165) is 0 Å². The van der Waals surface area contributed by atoms with Crippen molar-refractivity contribution < 1.29 is 62.6 Å². The minimum absolute atomic E-state index is 0.165. The van der Waals surface area contributed by atoms with Crippen LogP contribution in [-0.2, 0) is 47.7 Å². The summed E-state index contributed by atoms with van der Waals surface area (Å²) in [6.07, 6.45) is -8.02. The highest BCUT2D eigenvalue weighted by atomic mass is 16.7. The molecular formula is C28H30O12. The van der Waals surface area contributed by atoms with Crippen LogP contribution in [0.15, 0.2) is 48.5 Å². The molecule has 5 atom stereocenters. The Morgan fingerprint density at radius 3 is 1.98 bits per heavy atom. The Balaban J connectivity index is 2.06. The molecule has 0 aliphatic carbocycles. The van der Waals surface area contributed by atoms with Crippen molar-refractivity contribution in [1.29, 1.82) is 0 Å². The van der Waals surface area contributed by atoms with E-state index in [1.807, 2.05) is 0 Å². The number of hydrogen-bond donors (Lipinski definition) is 0. The topological polar surface area (TPSA) is 150 Å². The molecule has 40 heavy (non-hydrogen) atoms. The molecule has 1 heterocycles. The Labute approximate surface area is 236 Å². The summed E-state index contributed by atoms with van der Waals surface area (Å²) in [5.41, 5.74) is 1.10. The van der Waals surface area contributed by atoms with E-state index in [-0.39, 0.29) is 5.75 Å². The second-order valence-electron chi connectivity index (χ2n) is 8.32. The van der Waals surface area contributed by atoms with E-state index in [4.69, 9.17) is 38.6 Å². The lowest BCUT2D eigenvalue weighted by Crippen LogP contribution is -2.63. The molecule has 0 bridgehead atoms. The lowest BCUT2D eigenvalue weighted by molar-refractivity contribution is -0.288. The van der Waals surface area contributed by atoms with E-state index in [1.54, 1.807) is 48.5 Å². The highest BCUT2D eigenvalue weighted by Crippen LogP contribution is 2.35. The van der Waals surface area contributed by atoms with E-state index in [0.29, 0.717) is 16.9 Å². The summed E-state index contributed by atoms with van der Waals surface area (Å²) in [6.45, 7) is -2.68. The van der Waals surface area contributed by atoms with Crippen molar-refractivity contribution in [2.75, 3.05) is 6.61 Å². The van der Waals surface area contributed by atoms with Crippen molar-refractivity contribution in [2.24, 2.45) is 0 Å². The zero-order valence-corrected chi connectivity index (χ0v) is 21.4. The molecule has 1 saturated heterocycles. The molecule has 12 heteroatoms. The van der Waals surface area contributed by atoms with Crippen LogP contribution in [-0.4, -0.2) is 67.2 Å². The van der Waals surface area contributed by atoms with Gasteiger partial charge in [-0.1, -0.05) is 30.3 Å². The zero-order chi connectivity index (χ0) is 32.2. The Morgan fingerprint density at radius 2 is 1.35 bits per heavy atom. The molecule has 0 radical (unpaired) electrons. The van der Waals surface area contributed by atoms with Gasteiger partial charge in [0.2, 0.25) is 12.4 Å². The lowest BCUT2D eigenvalue weighted by atomic mass is 9.98. The van der Waals surface area contributed by atoms with Crippen LogP contribution in [0.1, 0.15) is 40.0 Å². The second-order valence-corrected chi connectivity index (χ2v) is 8.32. The molecule has 0 spiro atoms. The van der Waals surface area contributed by atoms with Gasteiger partial charge in [-0.3, -0.25) is 24.0 Å². The number of para-hydroxylation sites is 1. The summed E-state index contributed by atoms with van der Waals surface area (Å²) in [5, 5.41) is 0. The van der Waals surface area contributed by atoms with Crippen LogP contribution in [0, 0.1) is 0 Å². The van der Waals surface area contributed by atoms with Crippen LogP contribution in [0.25, 0.3) is 11.1 Å². The Bertz CT molecular complexity index is 1320. The van der Waals surface area contributed by atoms with Crippen LogP contribution in [0.3, 0.4) is 0 Å². The third kappa shape index (κ3) is 8.27. The smallest absolute Gasteiger partial charge is 0.308 e. The van der Waals surface area contributed by atoms with Gasteiger partial charge in [0.25, 0.3) is 0 Å². The fourth-order valence-electron chi connectivity index (χ4n) is 3.94. The highest BCUT2D eigenvalue weighted by Gasteiger charge is 2.53. The van der Waals surface area contributed by atoms with Crippen molar-refractivity contribution >= 4 is 29.8 Å². The number of esters is 5. The zero-order valence-electron chi connectivity index (χ0n) is 25.4. The molecule has 0 amide bonds. The molecule has 2 aromatic rings. The van der Waals surface area contributed by atoms with Gasteiger partial charge in [-0.05, 0) is 23.8 Å². The Morgan fingerprint density at radius 1 is 0.750 bits per heavy atom. The van der Waals surface area contributed by atoms with Gasteiger partial charge in [-0.15, -0.1) is 0 Å². The Kier molecular flexibility index (Phi) is 8.33. The molecule has 1 unspecified atom stereocenters. The van der Waals surface area contributed by atoms with Gasteiger partial charge in [0.15, 0.2) is 12.2 Å². The largest absolute Gasteiger partial charge is 0.463 e. The normalized spacial score (nSPS) is 23.2. The van der Waals surface area contributed by atoms with E-state index in [2.05, 4.69) is 0 Å². The lowest BCUT2D eigenvalue weighted by Gasteiger charge is -2.44. The average molecular weight is 563 g/mol. The van der Waals surface area contributed by atoms with E-state index < -0.39 is 94.8 Å². The maximum Gasteiger partial charge on any atom is 0.308 e. The SMILES string of the molecule is [2H]CC(=O)OC[C@H]1OC(Oc2ccccc2-c2ccc(OC(C)=O)cc2)[C@@H](OC(=O)C[2H])[C@@H](OC(=O)C[2H])[C@@H]1OC(=O)C[2H]. The second kappa shape index (κ2) is 13.6. The van der Waals surface area contributed by atoms with Crippen molar-refractivity contribution in [3.8, 4) is 22.6 Å². The van der Waals surface area contributed by atoms with E-state index in [1.165, 1.54) is 6.92 Å². The van der Waals surface area contributed by atoms with Crippen LogP contribution >= 0.6 is 0 Å². The van der Waals surface area contributed by atoms with Crippen molar-refractivity contribution in [1.82, 2.24) is 0 Å². The van der Waals surface area contributed by atoms with Crippen LogP contribution in [0.4, 0.5) is 0 Å². The molecule has 0 aromatic heterocycles. The van der Waals surface area contributed by atoms with Crippen LogP contribution < -0.4 is 9.47 Å². The Hall–Kier alpha value is -4.45. The molecule has 1 fully saturated rings. The predicted molar refractivity (Wildman–Crippen MR) is 136 cm³/mol. The molecule has 1 aliphatic heterocycles. The molecule has 0 saturated carbocycles. The standard InChI is InChI=1S/C28H30O12/c1-15(29)34-14-24-25(36-17(3)31)26(37-18(4)32)27(38-19(5)33)28(40-24)39-23-9-7-6-8-22(23)20-10-12-21(13-11-20)35-16(2)30/h6-13,24-28H,14H2,1-5H3/t24-,25-,26+,27+,28?/m1/s1/i1D,3D,4D,5D. The van der Waals surface area contributed by atoms with Gasteiger partial charge in [0.05, 0.1) is 0 Å². The molecular weight excluding hydrogens is 528 g/mol. The van der Waals surface area contributed by atoms with Crippen LogP contribution in [0.2, 0.25) is 0 Å². The number of carbonyl (C=O) groups is 5. The average Bonchev–Trinajstić information content (AvgIpc) is 3.02. The predicted octanol–water partition coefficient (Wildman–Crippen LogP) is 2.74. The van der Waals surface area contributed by atoms with Gasteiger partial charge in [-0.2, -0.15) is 0 Å². The maximum absolute atomic E-state index is 12.3. The van der Waals surface area contributed by atoms with Crippen LogP contribution in [0.5, 0.6) is 11.5 Å². The molecule has 214 valence electrons. The quantitative estimate of drug-likeness (QED) is 0.251. The van der Waals surface area contributed by atoms with Crippen molar-refractivity contribution in [3.63, 3.8) is 0 Å². The summed E-state index contributed by atoms with van der Waals surface area (Å²) < 4.78 is 67.6. The minimum atomic E-state index is -1.69. The third-order valence-corrected chi connectivity index (χ3v) is 5.36. The summed E-state index contributed by atoms with van der Waals surface area (Å²) in [7, 11) is 0. The number of benzene rings is 2. The number of rotatable bonds is 9. The number of carbonyl (C=O) groups excluding carboxylic acids is 5. The first-order chi connectivity index (χ1) is 21.1. The van der Waals surface area contributed by atoms with Crippen molar-refractivity contribution in [3.05, 3.63) is 48.5 Å². The van der Waals surface area contributed by atoms with E-state index in [9.17, 15) is 24.0 Å². The first-order valence-electron chi connectivity index (χ1n) is 14.5. The first-order valence-corrected chi connectivity index (χ1v) is 11.7. The van der Waals surface area contributed by atoms with Gasteiger partial charge in [-0.25, -0.2) is 0 Å². The minimum Gasteiger partial charge on any atom is -0.463 e. The fourth-order valence-corrected chi connectivity index (χ4v) is 3.94.